The fourth-order valence-electron chi connectivity index (χ4n) is 3.43. The van der Waals surface area contributed by atoms with Crippen LogP contribution in [0, 0.1) is 0 Å². The Labute approximate surface area is 149 Å². The molecular weight excluding hydrogens is 300 g/mol. The lowest BCUT2D eigenvalue weighted by Gasteiger charge is -2.34. The minimum absolute atomic E-state index is 0.275. The van der Waals surface area contributed by atoms with E-state index >= 15 is 0 Å². The highest BCUT2D eigenvalue weighted by atomic mass is 16.3. The van der Waals surface area contributed by atoms with Crippen molar-refractivity contribution in [2.45, 2.75) is 77.6 Å². The van der Waals surface area contributed by atoms with Crippen molar-refractivity contribution in [3.8, 4) is 0 Å². The van der Waals surface area contributed by atoms with E-state index in [2.05, 4.69) is 16.7 Å². The van der Waals surface area contributed by atoms with Crippen molar-refractivity contribution in [2.75, 3.05) is 45.9 Å². The third-order valence-electron chi connectivity index (χ3n) is 5.06. The molecule has 142 valence electrons. The van der Waals surface area contributed by atoms with Gasteiger partial charge < -0.3 is 10.0 Å². The number of aliphatic hydroxyl groups excluding tert-OH is 1. The zero-order valence-corrected chi connectivity index (χ0v) is 16.0. The molecule has 1 heterocycles. The van der Waals surface area contributed by atoms with Crippen molar-refractivity contribution in [3.05, 3.63) is 0 Å². The van der Waals surface area contributed by atoms with Crippen molar-refractivity contribution in [1.82, 2.24) is 9.80 Å². The van der Waals surface area contributed by atoms with Crippen LogP contribution in [-0.4, -0.2) is 66.6 Å². The standard InChI is InChI=1S/C20H40N2O2/c1-2-3-4-5-6-7-8-9-10-12-20(24)19-22-16-14-21(15-17-22)13-11-18-23/h23H,2-19H2,1H3. The van der Waals surface area contributed by atoms with Crippen LogP contribution in [0.2, 0.25) is 0 Å². The average molecular weight is 341 g/mol. The van der Waals surface area contributed by atoms with Gasteiger partial charge in [-0.15, -0.1) is 0 Å². The Hall–Kier alpha value is -0.450. The summed E-state index contributed by atoms with van der Waals surface area (Å²) in [6.45, 7) is 8.22. The zero-order valence-electron chi connectivity index (χ0n) is 16.0. The number of ketones is 1. The second-order valence-electron chi connectivity index (χ2n) is 7.31. The van der Waals surface area contributed by atoms with E-state index in [9.17, 15) is 4.79 Å². The zero-order chi connectivity index (χ0) is 17.5. The molecule has 0 spiro atoms. The number of nitrogens with zero attached hydrogens (tertiary/aromatic N) is 2. The smallest absolute Gasteiger partial charge is 0.146 e. The summed E-state index contributed by atoms with van der Waals surface area (Å²) in [4.78, 5) is 16.8. The Morgan fingerprint density at radius 2 is 1.33 bits per heavy atom. The Bertz CT molecular complexity index is 302. The molecule has 1 N–H and O–H groups in total. The molecular formula is C20H40N2O2. The predicted octanol–water partition coefficient (Wildman–Crippen LogP) is 3.48. The van der Waals surface area contributed by atoms with Crippen LogP contribution in [0.25, 0.3) is 0 Å². The minimum Gasteiger partial charge on any atom is -0.396 e. The Morgan fingerprint density at radius 3 is 1.92 bits per heavy atom. The van der Waals surface area contributed by atoms with Crippen LogP contribution in [0.3, 0.4) is 0 Å². The number of Topliss-reactive ketones (excluding diaryl/α,β-unsaturated/α-hetero) is 1. The van der Waals surface area contributed by atoms with E-state index in [1.807, 2.05) is 0 Å². The van der Waals surface area contributed by atoms with Gasteiger partial charge in [0.05, 0.1) is 6.54 Å². The fraction of sp³-hybridized carbons (Fsp3) is 0.950. The molecule has 4 nitrogen and oxygen atoms in total. The molecule has 0 aromatic heterocycles. The number of hydrogen-bond acceptors (Lipinski definition) is 4. The third-order valence-corrected chi connectivity index (χ3v) is 5.06. The maximum Gasteiger partial charge on any atom is 0.146 e. The molecule has 24 heavy (non-hydrogen) atoms. The van der Waals surface area contributed by atoms with E-state index in [0.29, 0.717) is 12.3 Å². The van der Waals surface area contributed by atoms with Gasteiger partial charge >= 0.3 is 0 Å². The lowest BCUT2D eigenvalue weighted by molar-refractivity contribution is -0.120. The second-order valence-corrected chi connectivity index (χ2v) is 7.31. The molecule has 0 aliphatic carbocycles. The SMILES string of the molecule is CCCCCCCCCCCC(=O)CN1CCN(CCCO)CC1. The topological polar surface area (TPSA) is 43.8 Å². The van der Waals surface area contributed by atoms with E-state index in [1.165, 1.54) is 51.4 Å². The largest absolute Gasteiger partial charge is 0.396 e. The molecule has 0 unspecified atom stereocenters. The van der Waals surface area contributed by atoms with Crippen molar-refractivity contribution in [3.63, 3.8) is 0 Å². The number of unbranched alkanes of at least 4 members (excludes halogenated alkanes) is 8. The Kier molecular flexibility index (Phi) is 13.4. The van der Waals surface area contributed by atoms with E-state index in [4.69, 9.17) is 5.11 Å². The summed E-state index contributed by atoms with van der Waals surface area (Å²) in [5.74, 6) is 0.418. The van der Waals surface area contributed by atoms with Crippen LogP contribution in [0.15, 0.2) is 0 Å². The fourth-order valence-corrected chi connectivity index (χ4v) is 3.43. The van der Waals surface area contributed by atoms with Crippen molar-refractivity contribution in [2.24, 2.45) is 0 Å². The van der Waals surface area contributed by atoms with Gasteiger partial charge in [0.1, 0.15) is 5.78 Å². The molecule has 0 aromatic carbocycles. The predicted molar refractivity (Wildman–Crippen MR) is 101 cm³/mol. The molecule has 1 saturated heterocycles. The molecule has 4 heteroatoms. The quantitative estimate of drug-likeness (QED) is 0.464. The van der Waals surface area contributed by atoms with Crippen molar-refractivity contribution in [1.29, 1.82) is 0 Å². The van der Waals surface area contributed by atoms with Gasteiger partial charge in [-0.25, -0.2) is 0 Å². The van der Waals surface area contributed by atoms with Gasteiger partial charge in [0.25, 0.3) is 0 Å². The molecule has 0 saturated carbocycles. The third kappa shape index (κ3) is 11.2. The molecule has 0 radical (unpaired) electrons. The first-order valence-electron chi connectivity index (χ1n) is 10.3. The van der Waals surface area contributed by atoms with Gasteiger partial charge in [-0.1, -0.05) is 58.3 Å². The monoisotopic (exact) mass is 340 g/mol. The van der Waals surface area contributed by atoms with Crippen LogP contribution in [0.1, 0.15) is 77.6 Å². The molecule has 1 rings (SSSR count). The number of carbonyl (C=O) groups is 1. The summed E-state index contributed by atoms with van der Waals surface area (Å²) >= 11 is 0. The van der Waals surface area contributed by atoms with Crippen molar-refractivity contribution >= 4 is 5.78 Å². The summed E-state index contributed by atoms with van der Waals surface area (Å²) in [6.07, 6.45) is 13.4. The van der Waals surface area contributed by atoms with Crippen LogP contribution in [0.5, 0.6) is 0 Å². The average Bonchev–Trinajstić information content (AvgIpc) is 2.60. The van der Waals surface area contributed by atoms with Crippen LogP contribution in [0.4, 0.5) is 0 Å². The summed E-state index contributed by atoms with van der Waals surface area (Å²) in [6, 6.07) is 0. The van der Waals surface area contributed by atoms with E-state index in [1.54, 1.807) is 0 Å². The van der Waals surface area contributed by atoms with Gasteiger partial charge in [0.15, 0.2) is 0 Å². The van der Waals surface area contributed by atoms with E-state index in [0.717, 1.165) is 52.0 Å². The van der Waals surface area contributed by atoms with E-state index < -0.39 is 0 Å². The Morgan fingerprint density at radius 1 is 0.792 bits per heavy atom. The highest BCUT2D eigenvalue weighted by Crippen LogP contribution is 2.11. The first kappa shape index (κ1) is 21.6. The summed E-state index contributed by atoms with van der Waals surface area (Å²) < 4.78 is 0. The molecule has 1 aliphatic rings. The summed E-state index contributed by atoms with van der Waals surface area (Å²) in [5.41, 5.74) is 0. The lowest BCUT2D eigenvalue weighted by Crippen LogP contribution is -2.48. The molecule has 1 fully saturated rings. The second kappa shape index (κ2) is 14.9. The van der Waals surface area contributed by atoms with Gasteiger partial charge in [-0.3, -0.25) is 9.69 Å². The maximum atomic E-state index is 12.1. The lowest BCUT2D eigenvalue weighted by atomic mass is 10.1. The normalized spacial score (nSPS) is 16.6. The van der Waals surface area contributed by atoms with Crippen LogP contribution in [-0.2, 0) is 4.79 Å². The van der Waals surface area contributed by atoms with Crippen LogP contribution >= 0.6 is 0 Å². The van der Waals surface area contributed by atoms with Crippen LogP contribution < -0.4 is 0 Å². The molecule has 0 amide bonds. The maximum absolute atomic E-state index is 12.1. The van der Waals surface area contributed by atoms with Gasteiger partial charge in [0.2, 0.25) is 0 Å². The number of rotatable bonds is 15. The number of hydrogen-bond donors (Lipinski definition) is 1. The van der Waals surface area contributed by atoms with Gasteiger partial charge in [-0.2, -0.15) is 0 Å². The van der Waals surface area contributed by atoms with Gasteiger partial charge in [0, 0.05) is 45.8 Å². The van der Waals surface area contributed by atoms with Crippen molar-refractivity contribution < 1.29 is 9.90 Å². The highest BCUT2D eigenvalue weighted by Gasteiger charge is 2.18. The molecule has 0 bridgehead atoms. The minimum atomic E-state index is 0.275. The summed E-state index contributed by atoms with van der Waals surface area (Å²) in [7, 11) is 0. The van der Waals surface area contributed by atoms with Gasteiger partial charge in [-0.05, 0) is 12.8 Å². The van der Waals surface area contributed by atoms with E-state index in [-0.39, 0.29) is 6.61 Å². The first-order valence-corrected chi connectivity index (χ1v) is 10.3. The first-order chi connectivity index (χ1) is 11.8. The highest BCUT2D eigenvalue weighted by molar-refractivity contribution is 5.80. The number of carbonyl (C=O) groups excluding carboxylic acids is 1. The number of piperazine rings is 1. The number of aliphatic hydroxyl groups is 1. The Balaban J connectivity index is 1.92. The molecule has 1 aliphatic heterocycles. The molecule has 0 atom stereocenters. The summed E-state index contributed by atoms with van der Waals surface area (Å²) in [5, 5.41) is 8.87. The molecule has 0 aromatic rings.